The third-order valence-corrected chi connectivity index (χ3v) is 2.54. The van der Waals surface area contributed by atoms with Crippen LogP contribution in [0, 0.1) is 12.8 Å². The summed E-state index contributed by atoms with van der Waals surface area (Å²) in [4.78, 5) is 19.1. The van der Waals surface area contributed by atoms with E-state index in [1.54, 1.807) is 6.92 Å². The minimum atomic E-state index is -0.553. The second-order valence-electron chi connectivity index (χ2n) is 4.11. The maximum Gasteiger partial charge on any atom is 0.240 e. The topological polar surface area (TPSA) is 107 Å². The lowest BCUT2D eigenvalue weighted by Gasteiger charge is -2.20. The van der Waals surface area contributed by atoms with Gasteiger partial charge in [-0.1, -0.05) is 13.8 Å². The Morgan fingerprint density at radius 3 is 2.47 bits per heavy atom. The molecule has 5 N–H and O–H groups in total. The molecule has 0 aliphatic heterocycles. The average Bonchev–Trinajstić information content (AvgIpc) is 2.19. The predicted molar refractivity (Wildman–Crippen MR) is 67.6 cm³/mol. The van der Waals surface area contributed by atoms with Gasteiger partial charge < -0.3 is 16.8 Å². The Kier molecular flexibility index (Phi) is 4.11. The van der Waals surface area contributed by atoms with Crippen molar-refractivity contribution in [2.24, 2.45) is 11.7 Å². The Labute approximate surface area is 105 Å². The molecule has 0 bridgehead atoms. The SMILES string of the molecule is Cc1nc(Cl)nc(NC(C(N)=O)C(C)C)c1N. The molecule has 1 aromatic heterocycles. The van der Waals surface area contributed by atoms with Crippen molar-refractivity contribution in [3.05, 3.63) is 11.0 Å². The summed E-state index contributed by atoms with van der Waals surface area (Å²) in [5.41, 5.74) is 12.0. The first-order valence-electron chi connectivity index (χ1n) is 5.18. The van der Waals surface area contributed by atoms with Crippen LogP contribution in [0.2, 0.25) is 5.28 Å². The van der Waals surface area contributed by atoms with E-state index in [4.69, 9.17) is 23.1 Å². The van der Waals surface area contributed by atoms with Crippen LogP contribution < -0.4 is 16.8 Å². The van der Waals surface area contributed by atoms with Crippen LogP contribution in [0.15, 0.2) is 0 Å². The highest BCUT2D eigenvalue weighted by atomic mass is 35.5. The minimum absolute atomic E-state index is 0.0148. The first-order valence-corrected chi connectivity index (χ1v) is 5.56. The Morgan fingerprint density at radius 1 is 1.41 bits per heavy atom. The van der Waals surface area contributed by atoms with Gasteiger partial charge in [-0.3, -0.25) is 4.79 Å². The van der Waals surface area contributed by atoms with Crippen molar-refractivity contribution in [3.63, 3.8) is 0 Å². The van der Waals surface area contributed by atoms with Crippen molar-refractivity contribution >= 4 is 29.0 Å². The molecule has 1 atom stereocenters. The van der Waals surface area contributed by atoms with Crippen LogP contribution in [0.25, 0.3) is 0 Å². The molecule has 1 rings (SSSR count). The third kappa shape index (κ3) is 3.20. The van der Waals surface area contributed by atoms with Crippen LogP contribution in [-0.2, 0) is 4.79 Å². The molecule has 0 saturated heterocycles. The number of nitrogens with zero attached hydrogens (tertiary/aromatic N) is 2. The number of halogens is 1. The number of aromatic nitrogens is 2. The Balaban J connectivity index is 3.05. The number of primary amides is 1. The standard InChI is InChI=1S/C10H16ClN5O/c1-4(2)7(8(13)17)15-9-6(12)5(3)14-10(11)16-9/h4,7H,12H2,1-3H3,(H2,13,17)(H,14,15,16). The average molecular weight is 258 g/mol. The maximum atomic E-state index is 11.3. The Bertz CT molecular complexity index is 435. The van der Waals surface area contributed by atoms with Gasteiger partial charge in [-0.25, -0.2) is 4.98 Å². The molecular formula is C10H16ClN5O. The third-order valence-electron chi connectivity index (χ3n) is 2.37. The zero-order chi connectivity index (χ0) is 13.2. The number of nitrogen functional groups attached to an aromatic ring is 1. The Morgan fingerprint density at radius 2 is 2.00 bits per heavy atom. The van der Waals surface area contributed by atoms with Gasteiger partial charge in [-0.15, -0.1) is 0 Å². The number of aryl methyl sites for hydroxylation is 1. The zero-order valence-corrected chi connectivity index (χ0v) is 10.7. The summed E-state index contributed by atoms with van der Waals surface area (Å²) in [6.45, 7) is 5.45. The quantitative estimate of drug-likeness (QED) is 0.696. The van der Waals surface area contributed by atoms with E-state index in [-0.39, 0.29) is 11.2 Å². The van der Waals surface area contributed by atoms with Gasteiger partial charge >= 0.3 is 0 Å². The van der Waals surface area contributed by atoms with Gasteiger partial charge in [0, 0.05) is 0 Å². The molecule has 7 heteroatoms. The van der Waals surface area contributed by atoms with Gasteiger partial charge in [-0.2, -0.15) is 4.98 Å². The molecule has 0 radical (unpaired) electrons. The fourth-order valence-corrected chi connectivity index (χ4v) is 1.58. The lowest BCUT2D eigenvalue weighted by Crippen LogP contribution is -2.40. The van der Waals surface area contributed by atoms with Crippen LogP contribution in [0.1, 0.15) is 19.5 Å². The lowest BCUT2D eigenvalue weighted by atomic mass is 10.0. The van der Waals surface area contributed by atoms with E-state index in [9.17, 15) is 4.79 Å². The number of carbonyl (C=O) groups excluding carboxylic acids is 1. The van der Waals surface area contributed by atoms with Gasteiger partial charge in [0.25, 0.3) is 0 Å². The van der Waals surface area contributed by atoms with Gasteiger partial charge in [0.1, 0.15) is 6.04 Å². The first-order chi connectivity index (χ1) is 7.82. The summed E-state index contributed by atoms with van der Waals surface area (Å²) in [5, 5.41) is 2.97. The number of nitrogens with two attached hydrogens (primary N) is 2. The summed E-state index contributed by atoms with van der Waals surface area (Å²) in [6, 6.07) is -0.553. The summed E-state index contributed by atoms with van der Waals surface area (Å²) in [6.07, 6.45) is 0. The molecule has 1 aromatic rings. The molecule has 1 unspecified atom stereocenters. The fraction of sp³-hybridized carbons (Fsp3) is 0.500. The summed E-state index contributed by atoms with van der Waals surface area (Å²) >= 11 is 5.73. The highest BCUT2D eigenvalue weighted by Crippen LogP contribution is 2.22. The summed E-state index contributed by atoms with van der Waals surface area (Å²) in [7, 11) is 0. The molecule has 0 fully saturated rings. The molecular weight excluding hydrogens is 242 g/mol. The van der Waals surface area contributed by atoms with Crippen LogP contribution >= 0.6 is 11.6 Å². The number of anilines is 2. The van der Waals surface area contributed by atoms with E-state index in [1.165, 1.54) is 0 Å². The molecule has 0 aliphatic carbocycles. The number of nitrogens with one attached hydrogen (secondary N) is 1. The molecule has 17 heavy (non-hydrogen) atoms. The molecule has 1 amide bonds. The van der Waals surface area contributed by atoms with Crippen molar-refractivity contribution in [2.45, 2.75) is 26.8 Å². The monoisotopic (exact) mass is 257 g/mol. The van der Waals surface area contributed by atoms with Crippen LogP contribution in [0.5, 0.6) is 0 Å². The van der Waals surface area contributed by atoms with Gasteiger partial charge in [0.15, 0.2) is 5.82 Å². The van der Waals surface area contributed by atoms with E-state index in [0.717, 1.165) is 0 Å². The van der Waals surface area contributed by atoms with E-state index in [0.29, 0.717) is 17.2 Å². The number of amides is 1. The molecule has 0 aromatic carbocycles. The van der Waals surface area contributed by atoms with E-state index < -0.39 is 11.9 Å². The molecule has 0 spiro atoms. The van der Waals surface area contributed by atoms with Gasteiger partial charge in [-0.05, 0) is 24.4 Å². The van der Waals surface area contributed by atoms with Crippen molar-refractivity contribution in [1.82, 2.24) is 9.97 Å². The first kappa shape index (κ1) is 13.5. The number of rotatable bonds is 4. The Hall–Kier alpha value is -1.56. The van der Waals surface area contributed by atoms with E-state index in [1.807, 2.05) is 13.8 Å². The van der Waals surface area contributed by atoms with Crippen LogP contribution in [0.3, 0.4) is 0 Å². The molecule has 0 saturated carbocycles. The summed E-state index contributed by atoms with van der Waals surface area (Å²) in [5.74, 6) is -0.118. The molecule has 0 aliphatic rings. The van der Waals surface area contributed by atoms with Crippen molar-refractivity contribution in [3.8, 4) is 0 Å². The number of hydrogen-bond acceptors (Lipinski definition) is 5. The largest absolute Gasteiger partial charge is 0.394 e. The number of carbonyl (C=O) groups is 1. The molecule has 1 heterocycles. The highest BCUT2D eigenvalue weighted by Gasteiger charge is 2.21. The zero-order valence-electron chi connectivity index (χ0n) is 9.99. The predicted octanol–water partition coefficient (Wildman–Crippen LogP) is 0.942. The van der Waals surface area contributed by atoms with Gasteiger partial charge in [0.05, 0.1) is 11.4 Å². The van der Waals surface area contributed by atoms with Crippen molar-refractivity contribution in [1.29, 1.82) is 0 Å². The second kappa shape index (κ2) is 5.18. The lowest BCUT2D eigenvalue weighted by molar-refractivity contribution is -0.119. The van der Waals surface area contributed by atoms with E-state index >= 15 is 0 Å². The second-order valence-corrected chi connectivity index (χ2v) is 4.45. The fourth-order valence-electron chi connectivity index (χ4n) is 1.37. The summed E-state index contributed by atoms with van der Waals surface area (Å²) < 4.78 is 0. The molecule has 94 valence electrons. The normalized spacial score (nSPS) is 12.5. The molecule has 6 nitrogen and oxygen atoms in total. The highest BCUT2D eigenvalue weighted by molar-refractivity contribution is 6.28. The minimum Gasteiger partial charge on any atom is -0.394 e. The van der Waals surface area contributed by atoms with Gasteiger partial charge in [0.2, 0.25) is 11.2 Å². The van der Waals surface area contributed by atoms with E-state index in [2.05, 4.69) is 15.3 Å². The van der Waals surface area contributed by atoms with Crippen LogP contribution in [-0.4, -0.2) is 21.9 Å². The van der Waals surface area contributed by atoms with Crippen LogP contribution in [0.4, 0.5) is 11.5 Å². The van der Waals surface area contributed by atoms with Crippen molar-refractivity contribution < 1.29 is 4.79 Å². The van der Waals surface area contributed by atoms with Crippen molar-refractivity contribution in [2.75, 3.05) is 11.1 Å². The maximum absolute atomic E-state index is 11.3. The number of hydrogen-bond donors (Lipinski definition) is 3. The smallest absolute Gasteiger partial charge is 0.240 e.